The van der Waals surface area contributed by atoms with Crippen molar-refractivity contribution in [1.82, 2.24) is 15.2 Å². The topological polar surface area (TPSA) is 113 Å². The molecule has 0 saturated carbocycles. The average Bonchev–Trinajstić information content (AvgIpc) is 3.39. The molecule has 1 saturated heterocycles. The van der Waals surface area contributed by atoms with Crippen LogP contribution in [0.15, 0.2) is 48.7 Å². The first-order valence-electron chi connectivity index (χ1n) is 11.8. The van der Waals surface area contributed by atoms with Crippen molar-refractivity contribution < 1.29 is 29.0 Å². The van der Waals surface area contributed by atoms with E-state index in [1.54, 1.807) is 23.3 Å². The van der Waals surface area contributed by atoms with E-state index in [1.165, 1.54) is 6.20 Å². The first kappa shape index (κ1) is 23.1. The third-order valence-electron chi connectivity index (χ3n) is 6.23. The van der Waals surface area contributed by atoms with E-state index in [0.717, 1.165) is 37.9 Å². The van der Waals surface area contributed by atoms with Crippen LogP contribution >= 0.6 is 0 Å². The second-order valence-electron chi connectivity index (χ2n) is 8.56. The molecule has 2 unspecified atom stereocenters. The Bertz CT molecular complexity index is 1100. The molecule has 10 heteroatoms. The number of pyridine rings is 1. The molecule has 4 heterocycles. The number of aromatic nitrogens is 1. The van der Waals surface area contributed by atoms with Crippen molar-refractivity contribution in [3.05, 3.63) is 59.8 Å². The number of likely N-dealkylation sites (tertiary alicyclic amines) is 1. The van der Waals surface area contributed by atoms with Crippen LogP contribution in [0.1, 0.15) is 41.2 Å². The molecule has 0 bridgehead atoms. The van der Waals surface area contributed by atoms with Gasteiger partial charge < -0.3 is 24.8 Å². The number of hydrogen-bond donors (Lipinski definition) is 2. The standard InChI is InChI=1S/C25H28N4O6/c30-13-10-26-24(31)18-5-9-23(27-15-18)29-19(17-4-7-20-22(14-17)34-16-33-20)6-8-21(35-29)25(32)28-11-2-1-3-12-28/h4-9,14-15,19,21,30H,1-3,10-13,16H2,(H,26,31). The van der Waals surface area contributed by atoms with Gasteiger partial charge in [-0.3, -0.25) is 14.4 Å². The number of carbonyl (C=O) groups excluding carboxylic acids is 2. The number of carbonyl (C=O) groups is 2. The maximum Gasteiger partial charge on any atom is 0.258 e. The summed E-state index contributed by atoms with van der Waals surface area (Å²) >= 11 is 0. The predicted octanol–water partition coefficient (Wildman–Crippen LogP) is 1.96. The van der Waals surface area contributed by atoms with Crippen LogP contribution in [0, 0.1) is 0 Å². The average molecular weight is 481 g/mol. The van der Waals surface area contributed by atoms with E-state index in [1.807, 2.05) is 29.2 Å². The highest BCUT2D eigenvalue weighted by Gasteiger charge is 2.34. The van der Waals surface area contributed by atoms with Crippen molar-refractivity contribution in [2.75, 3.05) is 38.1 Å². The molecule has 10 nitrogen and oxygen atoms in total. The quantitative estimate of drug-likeness (QED) is 0.604. The number of nitrogens with zero attached hydrogens (tertiary/aromatic N) is 3. The number of amides is 2. The van der Waals surface area contributed by atoms with Gasteiger partial charge in [-0.2, -0.15) is 0 Å². The summed E-state index contributed by atoms with van der Waals surface area (Å²) in [7, 11) is 0. The molecule has 2 amide bonds. The highest BCUT2D eigenvalue weighted by Crippen LogP contribution is 2.38. The third-order valence-corrected chi connectivity index (χ3v) is 6.23. The molecule has 184 valence electrons. The van der Waals surface area contributed by atoms with Crippen molar-refractivity contribution in [3.8, 4) is 11.5 Å². The maximum atomic E-state index is 13.2. The summed E-state index contributed by atoms with van der Waals surface area (Å²) in [6.45, 7) is 1.65. The predicted molar refractivity (Wildman–Crippen MR) is 126 cm³/mol. The Kier molecular flexibility index (Phi) is 6.82. The summed E-state index contributed by atoms with van der Waals surface area (Å²) in [5.74, 6) is 1.37. The molecule has 2 N–H and O–H groups in total. The SMILES string of the molecule is O=C(NCCO)c1ccc(N2OC(C(=O)N3CCCCC3)C=CC2c2ccc3c(c2)OCO3)nc1. The fourth-order valence-corrected chi connectivity index (χ4v) is 4.39. The lowest BCUT2D eigenvalue weighted by atomic mass is 10.0. The molecule has 2 aromatic rings. The van der Waals surface area contributed by atoms with Gasteiger partial charge in [0.1, 0.15) is 6.04 Å². The molecule has 0 aliphatic carbocycles. The summed E-state index contributed by atoms with van der Waals surface area (Å²) in [4.78, 5) is 37.9. The minimum atomic E-state index is -0.771. The monoisotopic (exact) mass is 480 g/mol. The first-order chi connectivity index (χ1) is 17.1. The number of anilines is 1. The molecule has 1 aromatic carbocycles. The summed E-state index contributed by atoms with van der Waals surface area (Å²) < 4.78 is 11.0. The number of ether oxygens (including phenoxy) is 2. The van der Waals surface area contributed by atoms with Gasteiger partial charge in [0.2, 0.25) is 6.79 Å². The number of aliphatic hydroxyl groups is 1. The number of benzene rings is 1. The van der Waals surface area contributed by atoms with Gasteiger partial charge in [0.25, 0.3) is 11.8 Å². The third kappa shape index (κ3) is 4.94. The molecule has 3 aliphatic heterocycles. The highest BCUT2D eigenvalue weighted by atomic mass is 16.7. The van der Waals surface area contributed by atoms with Crippen molar-refractivity contribution >= 4 is 17.6 Å². The number of aliphatic hydroxyl groups excluding tert-OH is 1. The first-order valence-corrected chi connectivity index (χ1v) is 11.8. The smallest absolute Gasteiger partial charge is 0.258 e. The van der Waals surface area contributed by atoms with Crippen LogP contribution in [0.4, 0.5) is 5.82 Å². The second kappa shape index (κ2) is 10.3. The molecule has 0 spiro atoms. The van der Waals surface area contributed by atoms with Crippen LogP contribution in [-0.4, -0.2) is 65.9 Å². The normalized spacial score (nSPS) is 21.2. The van der Waals surface area contributed by atoms with Gasteiger partial charge in [0.15, 0.2) is 23.4 Å². The van der Waals surface area contributed by atoms with Crippen molar-refractivity contribution in [2.24, 2.45) is 0 Å². The number of piperidine rings is 1. The van der Waals surface area contributed by atoms with E-state index >= 15 is 0 Å². The molecule has 0 radical (unpaired) electrons. The molecule has 2 atom stereocenters. The number of hydroxylamine groups is 1. The van der Waals surface area contributed by atoms with Gasteiger partial charge in [-0.05, 0) is 55.2 Å². The van der Waals surface area contributed by atoms with E-state index in [2.05, 4.69) is 10.3 Å². The van der Waals surface area contributed by atoms with E-state index < -0.39 is 6.10 Å². The zero-order valence-corrected chi connectivity index (χ0v) is 19.3. The van der Waals surface area contributed by atoms with E-state index in [4.69, 9.17) is 19.4 Å². The Morgan fingerprint density at radius 2 is 1.89 bits per heavy atom. The van der Waals surface area contributed by atoms with Crippen LogP contribution in [-0.2, 0) is 9.63 Å². The largest absolute Gasteiger partial charge is 0.454 e. The Balaban J connectivity index is 1.43. The van der Waals surface area contributed by atoms with Crippen molar-refractivity contribution in [3.63, 3.8) is 0 Å². The van der Waals surface area contributed by atoms with Gasteiger partial charge in [-0.1, -0.05) is 12.1 Å². The number of hydrogen-bond acceptors (Lipinski definition) is 8. The van der Waals surface area contributed by atoms with E-state index in [0.29, 0.717) is 22.9 Å². The molecule has 35 heavy (non-hydrogen) atoms. The minimum Gasteiger partial charge on any atom is -0.454 e. The van der Waals surface area contributed by atoms with Crippen LogP contribution < -0.4 is 19.9 Å². The molecule has 1 fully saturated rings. The molecular formula is C25H28N4O6. The Morgan fingerprint density at radius 1 is 1.06 bits per heavy atom. The molecule has 3 aliphatic rings. The number of rotatable bonds is 6. The fraction of sp³-hybridized carbons (Fsp3) is 0.400. The number of nitrogens with one attached hydrogen (secondary N) is 1. The zero-order chi connectivity index (χ0) is 24.2. The number of fused-ring (bicyclic) bond motifs is 1. The lowest BCUT2D eigenvalue weighted by Crippen LogP contribution is -2.47. The van der Waals surface area contributed by atoms with Crippen LogP contribution in [0.5, 0.6) is 11.5 Å². The fourth-order valence-electron chi connectivity index (χ4n) is 4.39. The Morgan fingerprint density at radius 3 is 2.66 bits per heavy atom. The summed E-state index contributed by atoms with van der Waals surface area (Å²) in [5, 5.41) is 13.1. The lowest BCUT2D eigenvalue weighted by Gasteiger charge is -2.37. The zero-order valence-electron chi connectivity index (χ0n) is 19.3. The van der Waals surface area contributed by atoms with Gasteiger partial charge >= 0.3 is 0 Å². The Hall–Kier alpha value is -3.63. The second-order valence-corrected chi connectivity index (χ2v) is 8.56. The van der Waals surface area contributed by atoms with Crippen LogP contribution in [0.2, 0.25) is 0 Å². The summed E-state index contributed by atoms with van der Waals surface area (Å²) in [5.41, 5.74) is 1.23. The van der Waals surface area contributed by atoms with E-state index in [-0.39, 0.29) is 37.8 Å². The highest BCUT2D eigenvalue weighted by molar-refractivity contribution is 5.94. The van der Waals surface area contributed by atoms with Crippen LogP contribution in [0.3, 0.4) is 0 Å². The summed E-state index contributed by atoms with van der Waals surface area (Å²) in [6.07, 6.45) is 7.51. The molecular weight excluding hydrogens is 452 g/mol. The van der Waals surface area contributed by atoms with Crippen LogP contribution in [0.25, 0.3) is 0 Å². The van der Waals surface area contributed by atoms with Gasteiger partial charge in [0, 0.05) is 25.8 Å². The van der Waals surface area contributed by atoms with Gasteiger partial charge in [-0.15, -0.1) is 0 Å². The maximum absolute atomic E-state index is 13.2. The van der Waals surface area contributed by atoms with Gasteiger partial charge in [-0.25, -0.2) is 10.0 Å². The summed E-state index contributed by atoms with van der Waals surface area (Å²) in [6, 6.07) is 8.58. The molecule has 1 aromatic heterocycles. The van der Waals surface area contributed by atoms with Gasteiger partial charge in [0.05, 0.1) is 12.2 Å². The van der Waals surface area contributed by atoms with Crippen molar-refractivity contribution in [2.45, 2.75) is 31.4 Å². The molecule has 5 rings (SSSR count). The van der Waals surface area contributed by atoms with E-state index in [9.17, 15) is 9.59 Å². The Labute approximate surface area is 203 Å². The minimum absolute atomic E-state index is 0.0740. The van der Waals surface area contributed by atoms with Crippen molar-refractivity contribution in [1.29, 1.82) is 0 Å². The lowest BCUT2D eigenvalue weighted by molar-refractivity contribution is -0.143.